The monoisotopic (exact) mass is 282 g/mol. The molecule has 0 radical (unpaired) electrons. The smallest absolute Gasteiger partial charge is 0.384 e. The van der Waals surface area contributed by atoms with Crippen LogP contribution in [0.15, 0.2) is 29.2 Å². The molecule has 18 heavy (non-hydrogen) atoms. The molecule has 0 bridgehead atoms. The predicted molar refractivity (Wildman–Crippen MR) is 61.8 cm³/mol. The van der Waals surface area contributed by atoms with Crippen molar-refractivity contribution < 1.29 is 21.6 Å². The fourth-order valence-electron chi connectivity index (χ4n) is 1.30. The number of para-hydroxylation sites is 1. The van der Waals surface area contributed by atoms with Crippen molar-refractivity contribution in [3.63, 3.8) is 0 Å². The maximum atomic E-state index is 12.0. The van der Waals surface area contributed by atoms with Crippen LogP contribution in [0.3, 0.4) is 0 Å². The van der Waals surface area contributed by atoms with Crippen molar-refractivity contribution >= 4 is 15.7 Å². The molecule has 0 aromatic heterocycles. The highest BCUT2D eigenvalue weighted by Gasteiger charge is 2.26. The van der Waals surface area contributed by atoms with E-state index in [1.54, 1.807) is 6.07 Å². The highest BCUT2D eigenvalue weighted by atomic mass is 32.2. The Morgan fingerprint density at radius 1 is 1.22 bits per heavy atom. The molecule has 1 aromatic carbocycles. The third-order valence-electron chi connectivity index (χ3n) is 2.17. The zero-order chi connectivity index (χ0) is 13.8. The van der Waals surface area contributed by atoms with Gasteiger partial charge in [0.25, 0.3) is 0 Å². The quantitative estimate of drug-likeness (QED) is 0.868. The van der Waals surface area contributed by atoms with Crippen molar-refractivity contribution in [3.05, 3.63) is 24.3 Å². The van der Waals surface area contributed by atoms with Crippen LogP contribution in [-0.4, -0.2) is 28.2 Å². The second-order valence-corrected chi connectivity index (χ2v) is 5.35. The standard InChI is InChI=1S/C10H13F3N2O2S/c1-14-18(16,17)9-5-3-2-4-8(9)15-7-6-10(11,12)13/h2-5,14-15H,6-7H2,1H3. The Labute approximate surface area is 103 Å². The Balaban J connectivity index is 2.84. The molecule has 0 spiro atoms. The van der Waals surface area contributed by atoms with E-state index in [1.807, 2.05) is 0 Å². The van der Waals surface area contributed by atoms with Gasteiger partial charge >= 0.3 is 6.18 Å². The molecule has 0 atom stereocenters. The van der Waals surface area contributed by atoms with E-state index in [4.69, 9.17) is 0 Å². The zero-order valence-corrected chi connectivity index (χ0v) is 10.4. The lowest BCUT2D eigenvalue weighted by Gasteiger charge is -2.12. The van der Waals surface area contributed by atoms with Gasteiger partial charge in [0.2, 0.25) is 10.0 Å². The van der Waals surface area contributed by atoms with Crippen LogP contribution in [0.2, 0.25) is 0 Å². The van der Waals surface area contributed by atoms with Gasteiger partial charge in [-0.25, -0.2) is 13.1 Å². The second-order valence-electron chi connectivity index (χ2n) is 3.50. The molecular formula is C10H13F3N2O2S. The van der Waals surface area contributed by atoms with Crippen LogP contribution >= 0.6 is 0 Å². The van der Waals surface area contributed by atoms with E-state index in [9.17, 15) is 21.6 Å². The van der Waals surface area contributed by atoms with E-state index in [1.165, 1.54) is 25.2 Å². The summed E-state index contributed by atoms with van der Waals surface area (Å²) >= 11 is 0. The minimum absolute atomic E-state index is 0.0744. The number of benzene rings is 1. The van der Waals surface area contributed by atoms with Gasteiger partial charge in [0.05, 0.1) is 12.1 Å². The Hall–Kier alpha value is -1.28. The molecule has 1 rings (SSSR count). The normalized spacial score (nSPS) is 12.4. The van der Waals surface area contributed by atoms with Crippen molar-refractivity contribution in [3.8, 4) is 0 Å². The summed E-state index contributed by atoms with van der Waals surface area (Å²) in [7, 11) is -2.45. The minimum Gasteiger partial charge on any atom is -0.384 e. The fourth-order valence-corrected chi connectivity index (χ4v) is 2.20. The molecule has 0 saturated carbocycles. The van der Waals surface area contributed by atoms with Crippen molar-refractivity contribution in [2.45, 2.75) is 17.5 Å². The fraction of sp³-hybridized carbons (Fsp3) is 0.400. The van der Waals surface area contributed by atoms with E-state index in [0.29, 0.717) is 0 Å². The van der Waals surface area contributed by atoms with E-state index in [2.05, 4.69) is 10.0 Å². The van der Waals surface area contributed by atoms with E-state index < -0.39 is 22.6 Å². The van der Waals surface area contributed by atoms with Gasteiger partial charge in [0.1, 0.15) is 4.90 Å². The summed E-state index contributed by atoms with van der Waals surface area (Å²) in [4.78, 5) is -0.0744. The molecule has 0 saturated heterocycles. The largest absolute Gasteiger partial charge is 0.390 e. The Kier molecular flexibility index (Phi) is 4.58. The molecule has 0 aliphatic rings. The van der Waals surface area contributed by atoms with Crippen LogP contribution in [0.1, 0.15) is 6.42 Å². The number of alkyl halides is 3. The Morgan fingerprint density at radius 2 is 1.83 bits per heavy atom. The van der Waals surface area contributed by atoms with Gasteiger partial charge in [-0.3, -0.25) is 0 Å². The van der Waals surface area contributed by atoms with Crippen LogP contribution in [-0.2, 0) is 10.0 Å². The van der Waals surface area contributed by atoms with E-state index in [-0.39, 0.29) is 17.1 Å². The lowest BCUT2D eigenvalue weighted by atomic mass is 10.3. The van der Waals surface area contributed by atoms with Crippen LogP contribution < -0.4 is 10.0 Å². The number of hydrogen-bond donors (Lipinski definition) is 2. The van der Waals surface area contributed by atoms with Crippen LogP contribution in [0, 0.1) is 0 Å². The van der Waals surface area contributed by atoms with Gasteiger partial charge in [-0.15, -0.1) is 0 Å². The van der Waals surface area contributed by atoms with Gasteiger partial charge in [-0.05, 0) is 19.2 Å². The molecule has 4 nitrogen and oxygen atoms in total. The lowest BCUT2D eigenvalue weighted by molar-refractivity contribution is -0.131. The first-order valence-corrected chi connectivity index (χ1v) is 6.58. The van der Waals surface area contributed by atoms with Crippen LogP contribution in [0.5, 0.6) is 0 Å². The number of halogens is 3. The predicted octanol–water partition coefficient (Wildman–Crippen LogP) is 1.96. The summed E-state index contributed by atoms with van der Waals surface area (Å²) in [6.45, 7) is -0.375. The molecular weight excluding hydrogens is 269 g/mol. The summed E-state index contributed by atoms with van der Waals surface area (Å²) in [5.74, 6) is 0. The highest BCUT2D eigenvalue weighted by molar-refractivity contribution is 7.89. The van der Waals surface area contributed by atoms with Crippen LogP contribution in [0.4, 0.5) is 18.9 Å². The lowest BCUT2D eigenvalue weighted by Crippen LogP contribution is -2.21. The number of sulfonamides is 1. The van der Waals surface area contributed by atoms with Crippen molar-refractivity contribution in [2.24, 2.45) is 0 Å². The maximum absolute atomic E-state index is 12.0. The van der Waals surface area contributed by atoms with Gasteiger partial charge in [-0.1, -0.05) is 12.1 Å². The Bertz CT molecular complexity index is 500. The summed E-state index contributed by atoms with van der Waals surface area (Å²) < 4.78 is 61.3. The van der Waals surface area contributed by atoms with Gasteiger partial charge in [0, 0.05) is 6.54 Å². The molecule has 1 aromatic rings. The third-order valence-corrected chi connectivity index (χ3v) is 3.64. The number of anilines is 1. The summed E-state index contributed by atoms with van der Waals surface area (Å²) in [6.07, 6.45) is -5.30. The first kappa shape index (κ1) is 14.8. The van der Waals surface area contributed by atoms with E-state index >= 15 is 0 Å². The summed E-state index contributed by atoms with van der Waals surface area (Å²) in [5.41, 5.74) is 0.149. The van der Waals surface area contributed by atoms with Crippen molar-refractivity contribution in [2.75, 3.05) is 18.9 Å². The molecule has 2 N–H and O–H groups in total. The Morgan fingerprint density at radius 3 is 2.39 bits per heavy atom. The van der Waals surface area contributed by atoms with Gasteiger partial charge in [0.15, 0.2) is 0 Å². The molecule has 0 aliphatic heterocycles. The first-order valence-electron chi connectivity index (χ1n) is 5.09. The number of hydrogen-bond acceptors (Lipinski definition) is 3. The molecule has 8 heteroatoms. The number of rotatable bonds is 5. The zero-order valence-electron chi connectivity index (χ0n) is 9.58. The highest BCUT2D eigenvalue weighted by Crippen LogP contribution is 2.23. The molecule has 0 fully saturated rings. The molecule has 0 aliphatic carbocycles. The topological polar surface area (TPSA) is 58.2 Å². The van der Waals surface area contributed by atoms with Crippen molar-refractivity contribution in [1.82, 2.24) is 4.72 Å². The summed E-state index contributed by atoms with van der Waals surface area (Å²) in [6, 6.07) is 5.78. The second kappa shape index (κ2) is 5.57. The minimum atomic E-state index is -4.27. The van der Waals surface area contributed by atoms with Crippen LogP contribution in [0.25, 0.3) is 0 Å². The van der Waals surface area contributed by atoms with Gasteiger partial charge in [-0.2, -0.15) is 13.2 Å². The average Bonchev–Trinajstić information content (AvgIpc) is 2.28. The first-order chi connectivity index (χ1) is 8.26. The maximum Gasteiger partial charge on any atom is 0.390 e. The number of nitrogens with one attached hydrogen (secondary N) is 2. The van der Waals surface area contributed by atoms with Gasteiger partial charge < -0.3 is 5.32 Å². The third kappa shape index (κ3) is 4.19. The molecule has 0 unspecified atom stereocenters. The molecule has 0 amide bonds. The average molecular weight is 282 g/mol. The summed E-state index contributed by atoms with van der Waals surface area (Å²) in [5, 5.41) is 2.47. The SMILES string of the molecule is CNS(=O)(=O)c1ccccc1NCCC(F)(F)F. The van der Waals surface area contributed by atoms with Crippen molar-refractivity contribution in [1.29, 1.82) is 0 Å². The molecule has 0 heterocycles. The van der Waals surface area contributed by atoms with E-state index in [0.717, 1.165) is 0 Å². The molecule has 102 valence electrons.